The van der Waals surface area contributed by atoms with Crippen LogP contribution < -0.4 is 0 Å². The maximum atomic E-state index is 4.11. The molecular weight excluding hydrogens is 146 g/mol. The lowest BCUT2D eigenvalue weighted by atomic mass is 10.5. The zero-order valence-corrected chi connectivity index (χ0v) is 5.93. The highest BCUT2D eigenvalue weighted by atomic mass is 32.1. The Morgan fingerprint density at radius 2 is 2.50 bits per heavy atom. The van der Waals surface area contributed by atoms with E-state index >= 15 is 0 Å². The summed E-state index contributed by atoms with van der Waals surface area (Å²) < 4.78 is 0. The molecule has 0 aromatic carbocycles. The first-order valence-corrected chi connectivity index (χ1v) is 3.73. The Labute approximate surface area is 61.8 Å². The van der Waals surface area contributed by atoms with Crippen molar-refractivity contribution in [1.29, 1.82) is 0 Å². The number of nitrogens with zero attached hydrogens (tertiary/aromatic N) is 2. The van der Waals surface area contributed by atoms with E-state index in [0.717, 1.165) is 10.7 Å². The van der Waals surface area contributed by atoms with E-state index < -0.39 is 0 Å². The van der Waals surface area contributed by atoms with Gasteiger partial charge in [-0.2, -0.15) is 0 Å². The largest absolute Gasteiger partial charge is 0.343 e. The van der Waals surface area contributed by atoms with Crippen molar-refractivity contribution in [1.82, 2.24) is 15.0 Å². The van der Waals surface area contributed by atoms with Gasteiger partial charge in [-0.25, -0.2) is 9.97 Å². The number of aromatic nitrogens is 3. The maximum Gasteiger partial charge on any atom is 0.141 e. The van der Waals surface area contributed by atoms with Crippen LogP contribution in [0.25, 0.3) is 10.7 Å². The van der Waals surface area contributed by atoms with Gasteiger partial charge in [0, 0.05) is 11.6 Å². The minimum atomic E-state index is 0.981. The molecule has 0 bridgehead atoms. The van der Waals surface area contributed by atoms with Crippen molar-refractivity contribution in [3.63, 3.8) is 0 Å². The summed E-state index contributed by atoms with van der Waals surface area (Å²) in [5, 5.41) is 2.92. The van der Waals surface area contributed by atoms with Gasteiger partial charge >= 0.3 is 0 Å². The first-order chi connectivity index (χ1) is 4.97. The van der Waals surface area contributed by atoms with Crippen LogP contribution in [-0.4, -0.2) is 15.0 Å². The van der Waals surface area contributed by atoms with Gasteiger partial charge in [0.1, 0.15) is 5.01 Å². The molecular formula is C6H5N3S. The standard InChI is InChI=1S/C6H5N3S/c1-2-10-6(8-1)5-3-7-4-9-5/h1-4H,(H,7,9). The summed E-state index contributed by atoms with van der Waals surface area (Å²) in [5.74, 6) is 0. The fourth-order valence-electron chi connectivity index (χ4n) is 0.729. The third kappa shape index (κ3) is 0.823. The molecule has 3 nitrogen and oxygen atoms in total. The monoisotopic (exact) mass is 151 g/mol. The number of aromatic amines is 1. The minimum absolute atomic E-state index is 0.981. The first-order valence-electron chi connectivity index (χ1n) is 2.85. The summed E-state index contributed by atoms with van der Waals surface area (Å²) in [5.41, 5.74) is 0.981. The van der Waals surface area contributed by atoms with Crippen LogP contribution >= 0.6 is 11.3 Å². The average Bonchev–Trinajstić information content (AvgIpc) is 2.59. The molecule has 1 N–H and O–H groups in total. The molecule has 10 heavy (non-hydrogen) atoms. The zero-order valence-electron chi connectivity index (χ0n) is 5.11. The van der Waals surface area contributed by atoms with E-state index in [1.807, 2.05) is 5.38 Å². The normalized spacial score (nSPS) is 10.0. The molecule has 0 amide bonds. The van der Waals surface area contributed by atoms with Crippen LogP contribution in [0, 0.1) is 0 Å². The van der Waals surface area contributed by atoms with Crippen LogP contribution in [-0.2, 0) is 0 Å². The number of hydrogen-bond acceptors (Lipinski definition) is 3. The molecule has 0 saturated carbocycles. The van der Waals surface area contributed by atoms with Crippen molar-refractivity contribution < 1.29 is 0 Å². The van der Waals surface area contributed by atoms with Crippen LogP contribution in [0.15, 0.2) is 24.1 Å². The Bertz CT molecular complexity index is 252. The molecule has 50 valence electrons. The molecule has 2 heterocycles. The van der Waals surface area contributed by atoms with Gasteiger partial charge in [-0.3, -0.25) is 0 Å². The molecule has 0 spiro atoms. The zero-order chi connectivity index (χ0) is 6.81. The van der Waals surface area contributed by atoms with Crippen LogP contribution in [0.5, 0.6) is 0 Å². The van der Waals surface area contributed by atoms with E-state index in [1.54, 1.807) is 30.1 Å². The molecule has 2 aromatic rings. The van der Waals surface area contributed by atoms with Crippen LogP contribution in [0.3, 0.4) is 0 Å². The molecule has 0 aliphatic carbocycles. The number of thiazole rings is 1. The molecule has 0 saturated heterocycles. The molecule has 2 aromatic heterocycles. The van der Waals surface area contributed by atoms with E-state index in [1.165, 1.54) is 0 Å². The van der Waals surface area contributed by atoms with Gasteiger partial charge in [0.15, 0.2) is 0 Å². The number of imidazole rings is 1. The smallest absolute Gasteiger partial charge is 0.141 e. The Balaban J connectivity index is 2.48. The van der Waals surface area contributed by atoms with Crippen molar-refractivity contribution in [3.05, 3.63) is 24.1 Å². The van der Waals surface area contributed by atoms with Crippen LogP contribution in [0.2, 0.25) is 0 Å². The highest BCUT2D eigenvalue weighted by Gasteiger charge is 1.98. The van der Waals surface area contributed by atoms with Crippen LogP contribution in [0.1, 0.15) is 0 Å². The SMILES string of the molecule is c1csc(-c2cnc[nH]2)n1. The quantitative estimate of drug-likeness (QED) is 0.671. The van der Waals surface area contributed by atoms with Gasteiger partial charge in [0.05, 0.1) is 18.2 Å². The summed E-state index contributed by atoms with van der Waals surface area (Å²) in [7, 11) is 0. The van der Waals surface area contributed by atoms with Crippen molar-refractivity contribution in [3.8, 4) is 10.7 Å². The number of hydrogen-bond donors (Lipinski definition) is 1. The van der Waals surface area contributed by atoms with Crippen molar-refractivity contribution in [2.24, 2.45) is 0 Å². The van der Waals surface area contributed by atoms with Gasteiger partial charge in [-0.1, -0.05) is 0 Å². The second-order valence-electron chi connectivity index (χ2n) is 1.80. The number of rotatable bonds is 1. The van der Waals surface area contributed by atoms with E-state index in [0.29, 0.717) is 0 Å². The lowest BCUT2D eigenvalue weighted by molar-refractivity contribution is 1.30. The van der Waals surface area contributed by atoms with Gasteiger partial charge in [-0.15, -0.1) is 11.3 Å². The average molecular weight is 151 g/mol. The fraction of sp³-hybridized carbons (Fsp3) is 0. The topological polar surface area (TPSA) is 41.6 Å². The van der Waals surface area contributed by atoms with Gasteiger partial charge in [-0.05, 0) is 0 Å². The number of nitrogens with one attached hydrogen (secondary N) is 1. The fourth-order valence-corrected chi connectivity index (χ4v) is 1.34. The van der Waals surface area contributed by atoms with Gasteiger partial charge in [0.25, 0.3) is 0 Å². The van der Waals surface area contributed by atoms with Gasteiger partial charge < -0.3 is 4.98 Å². The minimum Gasteiger partial charge on any atom is -0.343 e. The van der Waals surface area contributed by atoms with Crippen LogP contribution in [0.4, 0.5) is 0 Å². The second kappa shape index (κ2) is 2.22. The highest BCUT2D eigenvalue weighted by molar-refractivity contribution is 7.13. The Hall–Kier alpha value is -1.16. The van der Waals surface area contributed by atoms with E-state index in [2.05, 4.69) is 15.0 Å². The summed E-state index contributed by atoms with van der Waals surface area (Å²) in [6.45, 7) is 0. The Morgan fingerprint density at radius 3 is 3.10 bits per heavy atom. The Kier molecular flexibility index (Phi) is 1.25. The molecule has 2 rings (SSSR count). The van der Waals surface area contributed by atoms with Crippen molar-refractivity contribution >= 4 is 11.3 Å². The summed E-state index contributed by atoms with van der Waals surface area (Å²) in [6.07, 6.45) is 5.19. The molecule has 0 atom stereocenters. The second-order valence-corrected chi connectivity index (χ2v) is 2.70. The van der Waals surface area contributed by atoms with Crippen molar-refractivity contribution in [2.45, 2.75) is 0 Å². The lowest BCUT2D eigenvalue weighted by Gasteiger charge is -1.83. The highest BCUT2D eigenvalue weighted by Crippen LogP contribution is 2.17. The van der Waals surface area contributed by atoms with E-state index in [9.17, 15) is 0 Å². The molecule has 0 radical (unpaired) electrons. The maximum absolute atomic E-state index is 4.11. The predicted octanol–water partition coefficient (Wildman–Crippen LogP) is 1.53. The van der Waals surface area contributed by atoms with E-state index in [4.69, 9.17) is 0 Å². The molecule has 0 unspecified atom stereocenters. The molecule has 4 heteroatoms. The summed E-state index contributed by atoms with van der Waals surface area (Å²) in [4.78, 5) is 11.0. The lowest BCUT2D eigenvalue weighted by Crippen LogP contribution is -1.71. The first kappa shape index (κ1) is 5.61. The third-order valence-electron chi connectivity index (χ3n) is 1.16. The van der Waals surface area contributed by atoms with E-state index in [-0.39, 0.29) is 0 Å². The molecule has 0 fully saturated rings. The molecule has 0 aliphatic rings. The third-order valence-corrected chi connectivity index (χ3v) is 1.97. The summed E-state index contributed by atoms with van der Waals surface area (Å²) >= 11 is 1.60. The summed E-state index contributed by atoms with van der Waals surface area (Å²) in [6, 6.07) is 0. The molecule has 0 aliphatic heterocycles. The van der Waals surface area contributed by atoms with Crippen molar-refractivity contribution in [2.75, 3.05) is 0 Å². The number of H-pyrrole nitrogens is 1. The Morgan fingerprint density at radius 1 is 1.50 bits per heavy atom. The predicted molar refractivity (Wildman–Crippen MR) is 39.7 cm³/mol. The van der Waals surface area contributed by atoms with Gasteiger partial charge in [0.2, 0.25) is 0 Å².